The third-order valence-electron chi connectivity index (χ3n) is 2.57. The van der Waals surface area contributed by atoms with Gasteiger partial charge >= 0.3 is 5.97 Å². The van der Waals surface area contributed by atoms with Gasteiger partial charge < -0.3 is 15.2 Å². The van der Waals surface area contributed by atoms with Crippen LogP contribution in [0.15, 0.2) is 30.5 Å². The van der Waals surface area contributed by atoms with Crippen molar-refractivity contribution in [2.45, 2.75) is 6.92 Å². The molecule has 0 unspecified atom stereocenters. The van der Waals surface area contributed by atoms with Crippen molar-refractivity contribution < 1.29 is 18.7 Å². The van der Waals surface area contributed by atoms with Gasteiger partial charge in [0.2, 0.25) is 5.88 Å². The highest BCUT2D eigenvalue weighted by molar-refractivity contribution is 6.30. The van der Waals surface area contributed by atoms with Gasteiger partial charge in [-0.05, 0) is 25.1 Å². The molecule has 5 nitrogen and oxygen atoms in total. The molecule has 0 aliphatic rings. The van der Waals surface area contributed by atoms with Crippen LogP contribution in [-0.4, -0.2) is 17.6 Å². The molecule has 0 aliphatic carbocycles. The Balaban J connectivity index is 2.35. The van der Waals surface area contributed by atoms with Crippen molar-refractivity contribution in [3.8, 4) is 11.6 Å². The fraction of sp³-hybridized carbons (Fsp3) is 0.143. The minimum Gasteiger partial charge on any atom is -0.462 e. The summed E-state index contributed by atoms with van der Waals surface area (Å²) in [5.41, 5.74) is 5.88. The lowest BCUT2D eigenvalue weighted by molar-refractivity contribution is 0.0527. The van der Waals surface area contributed by atoms with E-state index in [2.05, 4.69) is 4.98 Å². The third kappa shape index (κ3) is 3.22. The van der Waals surface area contributed by atoms with Crippen molar-refractivity contribution in [3.63, 3.8) is 0 Å². The normalized spacial score (nSPS) is 10.2. The number of rotatable bonds is 4. The van der Waals surface area contributed by atoms with Gasteiger partial charge in [0.05, 0.1) is 17.2 Å². The van der Waals surface area contributed by atoms with E-state index in [1.54, 1.807) is 6.92 Å². The monoisotopic (exact) mass is 310 g/mol. The second kappa shape index (κ2) is 6.41. The van der Waals surface area contributed by atoms with Gasteiger partial charge in [-0.25, -0.2) is 14.2 Å². The number of esters is 1. The molecule has 0 fully saturated rings. The summed E-state index contributed by atoms with van der Waals surface area (Å²) in [6.07, 6.45) is 1.32. The van der Waals surface area contributed by atoms with E-state index in [0.717, 1.165) is 0 Å². The van der Waals surface area contributed by atoms with Gasteiger partial charge in [-0.1, -0.05) is 17.7 Å². The van der Waals surface area contributed by atoms with E-state index < -0.39 is 11.8 Å². The first kappa shape index (κ1) is 15.1. The molecule has 1 aromatic carbocycles. The second-order valence-corrected chi connectivity index (χ2v) is 4.36. The number of ether oxygens (including phenoxy) is 2. The number of nitrogens with two attached hydrogens (primary N) is 1. The third-order valence-corrected chi connectivity index (χ3v) is 2.86. The van der Waals surface area contributed by atoms with Crippen LogP contribution in [0.25, 0.3) is 0 Å². The lowest BCUT2D eigenvalue weighted by Gasteiger charge is -2.11. The number of aromatic nitrogens is 1. The summed E-state index contributed by atoms with van der Waals surface area (Å²) in [6, 6.07) is 5.68. The van der Waals surface area contributed by atoms with E-state index in [4.69, 9.17) is 26.8 Å². The van der Waals surface area contributed by atoms with Gasteiger partial charge in [-0.3, -0.25) is 0 Å². The van der Waals surface area contributed by atoms with E-state index in [-0.39, 0.29) is 34.5 Å². The molecule has 0 saturated carbocycles. The van der Waals surface area contributed by atoms with E-state index in [1.165, 1.54) is 30.5 Å². The molecule has 110 valence electrons. The summed E-state index contributed by atoms with van der Waals surface area (Å²) in [4.78, 5) is 15.6. The molecule has 1 aromatic heterocycles. The Morgan fingerprint density at radius 1 is 1.43 bits per heavy atom. The summed E-state index contributed by atoms with van der Waals surface area (Å²) in [7, 11) is 0. The highest BCUT2D eigenvalue weighted by Gasteiger charge is 2.17. The van der Waals surface area contributed by atoms with Crippen LogP contribution >= 0.6 is 11.6 Å². The van der Waals surface area contributed by atoms with Gasteiger partial charge in [-0.2, -0.15) is 0 Å². The number of carbonyl (C=O) groups is 1. The fourth-order valence-electron chi connectivity index (χ4n) is 1.59. The average Bonchev–Trinajstić information content (AvgIpc) is 2.46. The van der Waals surface area contributed by atoms with Crippen LogP contribution in [0.2, 0.25) is 5.02 Å². The van der Waals surface area contributed by atoms with Crippen molar-refractivity contribution in [2.24, 2.45) is 0 Å². The molecule has 21 heavy (non-hydrogen) atoms. The Morgan fingerprint density at radius 3 is 2.90 bits per heavy atom. The zero-order valence-corrected chi connectivity index (χ0v) is 11.9. The number of hydrogen-bond acceptors (Lipinski definition) is 5. The van der Waals surface area contributed by atoms with Crippen LogP contribution in [0.5, 0.6) is 11.6 Å². The smallest absolute Gasteiger partial charge is 0.340 e. The first-order valence-corrected chi connectivity index (χ1v) is 6.45. The first-order chi connectivity index (χ1) is 10.0. The number of halogens is 2. The van der Waals surface area contributed by atoms with Crippen molar-refractivity contribution in [3.05, 3.63) is 46.9 Å². The highest BCUT2D eigenvalue weighted by Crippen LogP contribution is 2.31. The zero-order chi connectivity index (χ0) is 15.4. The molecule has 0 aliphatic heterocycles. The van der Waals surface area contributed by atoms with Crippen LogP contribution in [0.3, 0.4) is 0 Å². The lowest BCUT2D eigenvalue weighted by atomic mass is 10.2. The van der Waals surface area contributed by atoms with Gasteiger partial charge in [0.25, 0.3) is 0 Å². The predicted octanol–water partition coefficient (Wildman–Crippen LogP) is 3.43. The standard InChI is InChI=1S/C14H12ClFN2O3/c1-2-20-14(19)8-6-7-18-13(12(8)17)21-10-5-3-4-9(15)11(10)16/h3-7H,2,17H2,1H3. The Hall–Kier alpha value is -2.34. The van der Waals surface area contributed by atoms with Crippen LogP contribution in [0.1, 0.15) is 17.3 Å². The summed E-state index contributed by atoms with van der Waals surface area (Å²) in [5, 5.41) is -0.0902. The predicted molar refractivity (Wildman–Crippen MR) is 76.1 cm³/mol. The Morgan fingerprint density at radius 2 is 2.19 bits per heavy atom. The van der Waals surface area contributed by atoms with E-state index in [9.17, 15) is 9.18 Å². The molecule has 2 rings (SSSR count). The number of benzene rings is 1. The Bertz CT molecular complexity index is 679. The minimum absolute atomic E-state index is 0.0321. The summed E-state index contributed by atoms with van der Waals surface area (Å²) in [5.74, 6) is -1.57. The number of pyridine rings is 1. The molecule has 2 aromatic rings. The molecule has 0 saturated heterocycles. The largest absolute Gasteiger partial charge is 0.462 e. The van der Waals surface area contributed by atoms with Crippen LogP contribution in [0, 0.1) is 5.82 Å². The van der Waals surface area contributed by atoms with Gasteiger partial charge in [0.1, 0.15) is 5.69 Å². The van der Waals surface area contributed by atoms with Gasteiger partial charge in [0.15, 0.2) is 11.6 Å². The van der Waals surface area contributed by atoms with Crippen molar-refractivity contribution in [1.29, 1.82) is 0 Å². The number of carbonyl (C=O) groups excluding carboxylic acids is 1. The van der Waals surface area contributed by atoms with Crippen LogP contribution < -0.4 is 10.5 Å². The molecule has 0 bridgehead atoms. The fourth-order valence-corrected chi connectivity index (χ4v) is 1.76. The minimum atomic E-state index is -0.734. The van der Waals surface area contributed by atoms with Crippen molar-refractivity contribution >= 4 is 23.3 Å². The number of anilines is 1. The molecule has 0 atom stereocenters. The number of nitrogen functional groups attached to an aromatic ring is 1. The number of hydrogen-bond donors (Lipinski definition) is 1. The topological polar surface area (TPSA) is 74.4 Å². The molecule has 2 N–H and O–H groups in total. The summed E-state index contributed by atoms with van der Waals surface area (Å²) >= 11 is 5.66. The summed E-state index contributed by atoms with van der Waals surface area (Å²) in [6.45, 7) is 1.88. The molecular formula is C14H12ClFN2O3. The molecular weight excluding hydrogens is 299 g/mol. The van der Waals surface area contributed by atoms with E-state index >= 15 is 0 Å². The van der Waals surface area contributed by atoms with Gasteiger partial charge in [-0.15, -0.1) is 0 Å². The first-order valence-electron chi connectivity index (χ1n) is 6.08. The SMILES string of the molecule is CCOC(=O)c1ccnc(Oc2cccc(Cl)c2F)c1N. The van der Waals surface area contributed by atoms with E-state index in [0.29, 0.717) is 0 Å². The average molecular weight is 311 g/mol. The van der Waals surface area contributed by atoms with E-state index in [1.807, 2.05) is 0 Å². The quantitative estimate of drug-likeness (QED) is 0.876. The van der Waals surface area contributed by atoms with Crippen molar-refractivity contribution in [1.82, 2.24) is 4.98 Å². The molecule has 0 spiro atoms. The van der Waals surface area contributed by atoms with Crippen LogP contribution in [0.4, 0.5) is 10.1 Å². The Labute approximate surface area is 125 Å². The van der Waals surface area contributed by atoms with Crippen LogP contribution in [-0.2, 0) is 4.74 Å². The molecule has 0 amide bonds. The van der Waals surface area contributed by atoms with Gasteiger partial charge in [0, 0.05) is 6.20 Å². The maximum absolute atomic E-state index is 13.8. The molecule has 7 heteroatoms. The highest BCUT2D eigenvalue weighted by atomic mass is 35.5. The molecule has 1 heterocycles. The summed E-state index contributed by atoms with van der Waals surface area (Å²) < 4.78 is 23.9. The maximum Gasteiger partial charge on any atom is 0.340 e. The number of nitrogens with zero attached hydrogens (tertiary/aromatic N) is 1. The Kier molecular flexibility index (Phi) is 4.59. The second-order valence-electron chi connectivity index (χ2n) is 3.95. The zero-order valence-electron chi connectivity index (χ0n) is 11.1. The van der Waals surface area contributed by atoms with Crippen molar-refractivity contribution in [2.75, 3.05) is 12.3 Å². The molecule has 0 radical (unpaired) electrons. The maximum atomic E-state index is 13.8. The lowest BCUT2D eigenvalue weighted by Crippen LogP contribution is -2.09.